The van der Waals surface area contributed by atoms with Crippen molar-refractivity contribution in [3.05, 3.63) is 16.7 Å². The molecule has 4 nitrogen and oxygen atoms in total. The first-order valence-corrected chi connectivity index (χ1v) is 6.16. The van der Waals surface area contributed by atoms with Crippen molar-refractivity contribution < 1.29 is 19.3 Å². The molecule has 0 aliphatic carbocycles. The summed E-state index contributed by atoms with van der Waals surface area (Å²) in [5, 5.41) is 10.0. The van der Waals surface area contributed by atoms with Crippen molar-refractivity contribution in [2.75, 3.05) is 26.9 Å². The van der Waals surface area contributed by atoms with Gasteiger partial charge in [-0.25, -0.2) is 0 Å². The third kappa shape index (κ3) is 2.10. The maximum atomic E-state index is 9.54. The first kappa shape index (κ1) is 13.3. The summed E-state index contributed by atoms with van der Waals surface area (Å²) < 4.78 is 16.4. The molecule has 1 aliphatic heterocycles. The van der Waals surface area contributed by atoms with Gasteiger partial charge in [-0.1, -0.05) is 25.4 Å². The SMILES string of the molecule is COc1cc2c(c(C(C)(C)CO)c1Cl)OCCO2. The van der Waals surface area contributed by atoms with Crippen LogP contribution in [0.15, 0.2) is 6.07 Å². The number of hydrogen-bond donors (Lipinski definition) is 1. The largest absolute Gasteiger partial charge is 0.495 e. The van der Waals surface area contributed by atoms with E-state index in [1.54, 1.807) is 13.2 Å². The molecule has 0 fully saturated rings. The van der Waals surface area contributed by atoms with E-state index >= 15 is 0 Å². The number of rotatable bonds is 3. The van der Waals surface area contributed by atoms with E-state index in [2.05, 4.69) is 0 Å². The van der Waals surface area contributed by atoms with Gasteiger partial charge in [0.05, 0.1) is 18.7 Å². The molecule has 100 valence electrons. The van der Waals surface area contributed by atoms with Gasteiger partial charge < -0.3 is 19.3 Å². The van der Waals surface area contributed by atoms with Gasteiger partial charge in [-0.05, 0) is 0 Å². The number of fused-ring (bicyclic) bond motifs is 1. The predicted molar refractivity (Wildman–Crippen MR) is 69.1 cm³/mol. The van der Waals surface area contributed by atoms with E-state index in [-0.39, 0.29) is 6.61 Å². The normalized spacial score (nSPS) is 14.5. The molecule has 18 heavy (non-hydrogen) atoms. The Kier molecular flexibility index (Phi) is 3.59. The van der Waals surface area contributed by atoms with Crippen LogP contribution in [-0.4, -0.2) is 32.0 Å². The summed E-state index contributed by atoms with van der Waals surface area (Å²) in [6.07, 6.45) is 0. The molecule has 1 N–H and O–H groups in total. The van der Waals surface area contributed by atoms with Crippen LogP contribution in [0.4, 0.5) is 0 Å². The first-order chi connectivity index (χ1) is 8.51. The zero-order chi connectivity index (χ0) is 13.3. The van der Waals surface area contributed by atoms with Crippen LogP contribution in [0.1, 0.15) is 19.4 Å². The Bertz CT molecular complexity index is 457. The fourth-order valence-corrected chi connectivity index (χ4v) is 2.45. The smallest absolute Gasteiger partial charge is 0.166 e. The number of aliphatic hydroxyl groups is 1. The molecule has 2 rings (SSSR count). The fourth-order valence-electron chi connectivity index (χ4n) is 1.97. The molecule has 0 saturated carbocycles. The summed E-state index contributed by atoms with van der Waals surface area (Å²) in [7, 11) is 1.55. The minimum absolute atomic E-state index is 0.0459. The number of ether oxygens (including phenoxy) is 3. The predicted octanol–water partition coefficient (Wildman–Crippen LogP) is 2.39. The van der Waals surface area contributed by atoms with Gasteiger partial charge in [-0.15, -0.1) is 0 Å². The third-order valence-corrected chi connectivity index (χ3v) is 3.40. The van der Waals surface area contributed by atoms with Gasteiger partial charge in [-0.3, -0.25) is 0 Å². The minimum Gasteiger partial charge on any atom is -0.495 e. The molecular formula is C13H17ClO4. The molecule has 0 atom stereocenters. The molecule has 1 aromatic rings. The van der Waals surface area contributed by atoms with Crippen LogP contribution < -0.4 is 14.2 Å². The van der Waals surface area contributed by atoms with E-state index in [0.717, 1.165) is 5.56 Å². The highest BCUT2D eigenvalue weighted by Crippen LogP contribution is 2.48. The van der Waals surface area contributed by atoms with Crippen molar-refractivity contribution in [1.29, 1.82) is 0 Å². The number of hydrogen-bond acceptors (Lipinski definition) is 4. The molecule has 0 saturated heterocycles. The van der Waals surface area contributed by atoms with Gasteiger partial charge in [-0.2, -0.15) is 0 Å². The second kappa shape index (κ2) is 4.86. The van der Waals surface area contributed by atoms with Gasteiger partial charge in [0.1, 0.15) is 19.0 Å². The summed E-state index contributed by atoms with van der Waals surface area (Å²) in [6.45, 7) is 4.72. The van der Waals surface area contributed by atoms with Crippen LogP contribution in [0.2, 0.25) is 5.02 Å². The average Bonchev–Trinajstić information content (AvgIpc) is 2.37. The average molecular weight is 273 g/mol. The van der Waals surface area contributed by atoms with E-state index < -0.39 is 5.41 Å². The van der Waals surface area contributed by atoms with Gasteiger partial charge in [0, 0.05) is 17.0 Å². The minimum atomic E-state index is -0.531. The zero-order valence-corrected chi connectivity index (χ0v) is 11.5. The Morgan fingerprint density at radius 1 is 1.39 bits per heavy atom. The fraction of sp³-hybridized carbons (Fsp3) is 0.538. The summed E-state index contributed by atoms with van der Waals surface area (Å²) in [6, 6.07) is 1.72. The van der Waals surface area contributed by atoms with Crippen molar-refractivity contribution in [2.24, 2.45) is 0 Å². The molecule has 0 spiro atoms. The lowest BCUT2D eigenvalue weighted by Crippen LogP contribution is -2.26. The maximum absolute atomic E-state index is 9.54. The lowest BCUT2D eigenvalue weighted by atomic mass is 9.84. The standard InChI is InChI=1S/C13H17ClO4/c1-13(2,7-15)10-11(14)8(16-3)6-9-12(10)18-5-4-17-9/h6,15H,4-5,7H2,1-3H3. The molecule has 0 amide bonds. The summed E-state index contributed by atoms with van der Waals surface area (Å²) >= 11 is 6.34. The highest BCUT2D eigenvalue weighted by molar-refractivity contribution is 6.33. The van der Waals surface area contributed by atoms with E-state index in [0.29, 0.717) is 35.5 Å². The van der Waals surface area contributed by atoms with E-state index in [4.69, 9.17) is 25.8 Å². The van der Waals surface area contributed by atoms with Crippen molar-refractivity contribution in [2.45, 2.75) is 19.3 Å². The van der Waals surface area contributed by atoms with Crippen LogP contribution >= 0.6 is 11.6 Å². The Balaban J connectivity index is 2.68. The van der Waals surface area contributed by atoms with Crippen molar-refractivity contribution in [3.63, 3.8) is 0 Å². The van der Waals surface area contributed by atoms with Gasteiger partial charge >= 0.3 is 0 Å². The Morgan fingerprint density at radius 2 is 2.06 bits per heavy atom. The summed E-state index contributed by atoms with van der Waals surface area (Å²) in [5.74, 6) is 1.74. The molecule has 5 heteroatoms. The highest BCUT2D eigenvalue weighted by Gasteiger charge is 2.32. The zero-order valence-electron chi connectivity index (χ0n) is 10.7. The molecule has 1 heterocycles. The van der Waals surface area contributed by atoms with E-state index in [1.807, 2.05) is 13.8 Å². The van der Waals surface area contributed by atoms with Crippen LogP contribution in [0.5, 0.6) is 17.2 Å². The van der Waals surface area contributed by atoms with Gasteiger partial charge in [0.2, 0.25) is 0 Å². The van der Waals surface area contributed by atoms with Crippen LogP contribution in [0.25, 0.3) is 0 Å². The molecule has 0 radical (unpaired) electrons. The third-order valence-electron chi connectivity index (χ3n) is 3.03. The molecule has 1 aromatic carbocycles. The van der Waals surface area contributed by atoms with Crippen LogP contribution in [0.3, 0.4) is 0 Å². The first-order valence-electron chi connectivity index (χ1n) is 5.78. The molecule has 0 bridgehead atoms. The lowest BCUT2D eigenvalue weighted by molar-refractivity contribution is 0.160. The number of methoxy groups -OCH3 is 1. The highest BCUT2D eigenvalue weighted by atomic mass is 35.5. The number of halogens is 1. The van der Waals surface area contributed by atoms with E-state index in [9.17, 15) is 5.11 Å². The lowest BCUT2D eigenvalue weighted by Gasteiger charge is -2.30. The molecule has 0 aromatic heterocycles. The van der Waals surface area contributed by atoms with Crippen LogP contribution in [-0.2, 0) is 5.41 Å². The maximum Gasteiger partial charge on any atom is 0.166 e. The second-order valence-corrected chi connectivity index (χ2v) is 5.21. The molecular weight excluding hydrogens is 256 g/mol. The van der Waals surface area contributed by atoms with Crippen molar-refractivity contribution in [3.8, 4) is 17.2 Å². The van der Waals surface area contributed by atoms with Crippen LogP contribution in [0, 0.1) is 0 Å². The number of aliphatic hydroxyl groups excluding tert-OH is 1. The van der Waals surface area contributed by atoms with Gasteiger partial charge in [0.15, 0.2) is 11.5 Å². The van der Waals surface area contributed by atoms with Crippen molar-refractivity contribution in [1.82, 2.24) is 0 Å². The summed E-state index contributed by atoms with van der Waals surface area (Å²) in [5.41, 5.74) is 0.192. The monoisotopic (exact) mass is 272 g/mol. The number of benzene rings is 1. The Labute approximate surface area is 111 Å². The Hall–Kier alpha value is -1.13. The Morgan fingerprint density at radius 3 is 2.67 bits per heavy atom. The molecule has 1 aliphatic rings. The van der Waals surface area contributed by atoms with E-state index in [1.165, 1.54) is 0 Å². The summed E-state index contributed by atoms with van der Waals surface area (Å²) in [4.78, 5) is 0. The molecule has 0 unspecified atom stereocenters. The van der Waals surface area contributed by atoms with Gasteiger partial charge in [0.25, 0.3) is 0 Å². The second-order valence-electron chi connectivity index (χ2n) is 4.83. The topological polar surface area (TPSA) is 47.9 Å². The quantitative estimate of drug-likeness (QED) is 0.918. The van der Waals surface area contributed by atoms with Crippen molar-refractivity contribution >= 4 is 11.6 Å².